The molecule has 0 aliphatic carbocycles. The number of nitrogens with one attached hydrogen (secondary N) is 2. The van der Waals surface area contributed by atoms with Crippen molar-refractivity contribution < 1.29 is 24.0 Å². The van der Waals surface area contributed by atoms with Crippen LogP contribution in [0.3, 0.4) is 0 Å². The molecule has 0 spiro atoms. The minimum atomic E-state index is -0.827. The Morgan fingerprint density at radius 1 is 1.21 bits per heavy atom. The average Bonchev–Trinajstić information content (AvgIpc) is 3.33. The van der Waals surface area contributed by atoms with Crippen LogP contribution in [0, 0.1) is 17.0 Å². The van der Waals surface area contributed by atoms with Crippen LogP contribution in [0.4, 0.5) is 17.2 Å². The number of fused-ring (bicyclic) bond motifs is 1. The number of aromatic nitrogens is 2. The number of methoxy groups -OCH3 is 2. The molecule has 2 aromatic carbocycles. The molecule has 1 aromatic heterocycles. The second-order valence-electron chi connectivity index (χ2n) is 7.43. The molecule has 1 aliphatic rings. The quantitative estimate of drug-likeness (QED) is 0.415. The molecule has 11 heteroatoms. The lowest BCUT2D eigenvalue weighted by molar-refractivity contribution is -0.384. The van der Waals surface area contributed by atoms with Crippen molar-refractivity contribution in [2.45, 2.75) is 19.4 Å². The Kier molecular flexibility index (Phi) is 5.69. The number of carbonyl (C=O) groups excluding carboxylic acids is 2. The number of anilines is 2. The summed E-state index contributed by atoms with van der Waals surface area (Å²) in [6, 6.07) is 8.68. The van der Waals surface area contributed by atoms with E-state index in [4.69, 9.17) is 9.47 Å². The fourth-order valence-corrected chi connectivity index (χ4v) is 3.71. The molecule has 170 valence electrons. The first-order valence-corrected chi connectivity index (χ1v) is 9.98. The summed E-state index contributed by atoms with van der Waals surface area (Å²) in [6.45, 7) is 1.66. The SMILES string of the molecule is COc1ccc(-c2cnn3c2NC(=O)C3CC(=O)Nc2ccc([N+](=O)[O-])cc2C)cc1OC. The van der Waals surface area contributed by atoms with Gasteiger partial charge in [0.05, 0.1) is 31.8 Å². The molecule has 33 heavy (non-hydrogen) atoms. The average molecular weight is 451 g/mol. The number of ether oxygens (including phenoxy) is 2. The number of non-ortho nitro benzene ring substituents is 1. The maximum Gasteiger partial charge on any atom is 0.269 e. The van der Waals surface area contributed by atoms with Gasteiger partial charge in [-0.25, -0.2) is 4.68 Å². The summed E-state index contributed by atoms with van der Waals surface area (Å²) in [5.41, 5.74) is 2.36. The molecular formula is C22H21N5O6. The molecule has 0 bridgehead atoms. The maximum absolute atomic E-state index is 12.6. The van der Waals surface area contributed by atoms with Crippen LogP contribution in [-0.4, -0.2) is 40.7 Å². The van der Waals surface area contributed by atoms with Crippen molar-refractivity contribution in [1.82, 2.24) is 9.78 Å². The smallest absolute Gasteiger partial charge is 0.269 e. The minimum Gasteiger partial charge on any atom is -0.493 e. The van der Waals surface area contributed by atoms with Gasteiger partial charge in [-0.3, -0.25) is 19.7 Å². The first kappa shape index (κ1) is 21.8. The second-order valence-corrected chi connectivity index (χ2v) is 7.43. The van der Waals surface area contributed by atoms with Crippen molar-refractivity contribution in [2.75, 3.05) is 24.9 Å². The lowest BCUT2D eigenvalue weighted by Crippen LogP contribution is -2.23. The number of hydrogen-bond donors (Lipinski definition) is 2. The summed E-state index contributed by atoms with van der Waals surface area (Å²) in [5, 5.41) is 20.7. The molecule has 0 saturated carbocycles. The molecule has 2 N–H and O–H groups in total. The fraction of sp³-hybridized carbons (Fsp3) is 0.227. The number of nitro benzene ring substituents is 1. The Bertz CT molecular complexity index is 1270. The highest BCUT2D eigenvalue weighted by atomic mass is 16.6. The number of nitrogens with zero attached hydrogens (tertiary/aromatic N) is 3. The summed E-state index contributed by atoms with van der Waals surface area (Å²) in [6.07, 6.45) is 1.46. The molecular weight excluding hydrogens is 430 g/mol. The van der Waals surface area contributed by atoms with Gasteiger partial charge >= 0.3 is 0 Å². The van der Waals surface area contributed by atoms with E-state index in [1.165, 1.54) is 30.0 Å². The van der Waals surface area contributed by atoms with Gasteiger partial charge in [0.1, 0.15) is 11.9 Å². The van der Waals surface area contributed by atoms with Gasteiger partial charge in [0.2, 0.25) is 5.91 Å². The molecule has 1 aliphatic heterocycles. The maximum atomic E-state index is 12.6. The summed E-state index contributed by atoms with van der Waals surface area (Å²) in [4.78, 5) is 35.6. The molecule has 1 unspecified atom stereocenters. The van der Waals surface area contributed by atoms with E-state index in [2.05, 4.69) is 15.7 Å². The highest BCUT2D eigenvalue weighted by Crippen LogP contribution is 2.39. The number of nitro groups is 1. The molecule has 3 aromatic rings. The Labute approximate surface area is 188 Å². The van der Waals surface area contributed by atoms with E-state index in [0.717, 1.165) is 5.56 Å². The predicted molar refractivity (Wildman–Crippen MR) is 120 cm³/mol. The third-order valence-corrected chi connectivity index (χ3v) is 5.40. The topological polar surface area (TPSA) is 138 Å². The third kappa shape index (κ3) is 4.07. The van der Waals surface area contributed by atoms with Crippen LogP contribution in [0.15, 0.2) is 42.6 Å². The highest BCUT2D eigenvalue weighted by Gasteiger charge is 2.35. The first-order chi connectivity index (χ1) is 15.8. The number of carbonyl (C=O) groups is 2. The molecule has 1 atom stereocenters. The summed E-state index contributed by atoms with van der Waals surface area (Å²) in [7, 11) is 3.08. The molecule has 0 fully saturated rings. The van der Waals surface area contributed by atoms with Crippen LogP contribution >= 0.6 is 0 Å². The van der Waals surface area contributed by atoms with Crippen LogP contribution < -0.4 is 20.1 Å². The Hall–Kier alpha value is -4.41. The number of benzene rings is 2. The zero-order valence-electron chi connectivity index (χ0n) is 18.1. The van der Waals surface area contributed by atoms with E-state index in [9.17, 15) is 19.7 Å². The van der Waals surface area contributed by atoms with Gasteiger partial charge in [0.25, 0.3) is 11.6 Å². The lowest BCUT2D eigenvalue weighted by Gasteiger charge is -2.11. The molecule has 2 heterocycles. The largest absolute Gasteiger partial charge is 0.493 e. The molecule has 11 nitrogen and oxygen atoms in total. The van der Waals surface area contributed by atoms with Gasteiger partial charge in [-0.1, -0.05) is 6.07 Å². The van der Waals surface area contributed by atoms with Crippen molar-refractivity contribution in [2.24, 2.45) is 0 Å². The lowest BCUT2D eigenvalue weighted by atomic mass is 10.1. The van der Waals surface area contributed by atoms with Crippen molar-refractivity contribution in [3.63, 3.8) is 0 Å². The fourth-order valence-electron chi connectivity index (χ4n) is 3.71. The first-order valence-electron chi connectivity index (χ1n) is 9.98. The molecule has 4 rings (SSSR count). The number of aryl methyl sites for hydroxylation is 1. The van der Waals surface area contributed by atoms with Crippen molar-refractivity contribution >= 4 is 29.0 Å². The molecule has 2 amide bonds. The summed E-state index contributed by atoms with van der Waals surface area (Å²) >= 11 is 0. The zero-order chi connectivity index (χ0) is 23.7. The van der Waals surface area contributed by atoms with Gasteiger partial charge in [0, 0.05) is 23.4 Å². The standard InChI is InChI=1S/C22H21N5O6/c1-12-8-14(27(30)31)5-6-16(12)24-20(28)10-17-22(29)25-21-15(11-23-26(17)21)13-4-7-18(32-2)19(9-13)33-3/h4-9,11,17H,10H2,1-3H3,(H,24,28)(H,25,29). The van der Waals surface area contributed by atoms with Gasteiger partial charge in [0.15, 0.2) is 11.5 Å². The normalized spacial score (nSPS) is 14.4. The Balaban J connectivity index is 1.53. The van der Waals surface area contributed by atoms with Crippen LogP contribution in [0.2, 0.25) is 0 Å². The minimum absolute atomic E-state index is 0.0652. The number of amides is 2. The van der Waals surface area contributed by atoms with Crippen LogP contribution in [0.5, 0.6) is 11.5 Å². The van der Waals surface area contributed by atoms with E-state index in [-0.39, 0.29) is 18.0 Å². The van der Waals surface area contributed by atoms with E-state index in [1.54, 1.807) is 32.4 Å². The summed E-state index contributed by atoms with van der Waals surface area (Å²) in [5.74, 6) is 0.828. The van der Waals surface area contributed by atoms with Crippen LogP contribution in [0.1, 0.15) is 18.0 Å². The van der Waals surface area contributed by atoms with Gasteiger partial charge in [-0.2, -0.15) is 5.10 Å². The number of hydrogen-bond acceptors (Lipinski definition) is 7. The second kappa shape index (κ2) is 8.61. The van der Waals surface area contributed by atoms with Gasteiger partial charge in [-0.15, -0.1) is 0 Å². The summed E-state index contributed by atoms with van der Waals surface area (Å²) < 4.78 is 12.1. The zero-order valence-corrected chi connectivity index (χ0v) is 18.1. The van der Waals surface area contributed by atoms with E-state index >= 15 is 0 Å². The van der Waals surface area contributed by atoms with Gasteiger partial charge < -0.3 is 20.1 Å². The Morgan fingerprint density at radius 2 is 1.97 bits per heavy atom. The van der Waals surface area contributed by atoms with Crippen LogP contribution in [-0.2, 0) is 9.59 Å². The van der Waals surface area contributed by atoms with Gasteiger partial charge in [-0.05, 0) is 36.2 Å². The highest BCUT2D eigenvalue weighted by molar-refractivity contribution is 6.04. The third-order valence-electron chi connectivity index (χ3n) is 5.40. The van der Waals surface area contributed by atoms with E-state index in [1.807, 2.05) is 6.07 Å². The van der Waals surface area contributed by atoms with E-state index < -0.39 is 16.9 Å². The monoisotopic (exact) mass is 451 g/mol. The van der Waals surface area contributed by atoms with Crippen molar-refractivity contribution in [3.8, 4) is 22.6 Å². The number of rotatable bonds is 7. The molecule has 0 radical (unpaired) electrons. The van der Waals surface area contributed by atoms with Crippen molar-refractivity contribution in [1.29, 1.82) is 0 Å². The van der Waals surface area contributed by atoms with E-state index in [0.29, 0.717) is 34.1 Å². The Morgan fingerprint density at radius 3 is 2.64 bits per heavy atom. The molecule has 0 saturated heterocycles. The van der Waals surface area contributed by atoms with Crippen LogP contribution in [0.25, 0.3) is 11.1 Å². The van der Waals surface area contributed by atoms with Crippen molar-refractivity contribution in [3.05, 3.63) is 58.3 Å². The predicted octanol–water partition coefficient (Wildman–Crippen LogP) is 3.31.